The third-order valence-electron chi connectivity index (χ3n) is 4.40. The summed E-state index contributed by atoms with van der Waals surface area (Å²) in [4.78, 5) is 24.8. The van der Waals surface area contributed by atoms with Crippen molar-refractivity contribution in [2.75, 3.05) is 13.1 Å². The number of aromatic hydroxyl groups is 1. The van der Waals surface area contributed by atoms with Crippen molar-refractivity contribution >= 4 is 19.4 Å². The summed E-state index contributed by atoms with van der Waals surface area (Å²) in [5, 5.41) is 14.9. The lowest BCUT2D eigenvalue weighted by atomic mass is 10.1. The minimum atomic E-state index is -3.81. The Morgan fingerprint density at radius 2 is 2.07 bits per heavy atom. The molecule has 1 aliphatic rings. The van der Waals surface area contributed by atoms with Crippen LogP contribution in [0.5, 0.6) is 5.75 Å². The third kappa shape index (κ3) is 5.77. The molecular weight excluding hydrogens is 369 g/mol. The molecule has 1 heterocycles. The highest BCUT2D eigenvalue weighted by Crippen LogP contribution is 2.40. The van der Waals surface area contributed by atoms with Crippen molar-refractivity contribution in [3.8, 4) is 5.75 Å². The van der Waals surface area contributed by atoms with Gasteiger partial charge in [-0.15, -0.1) is 0 Å². The summed E-state index contributed by atoms with van der Waals surface area (Å²) < 4.78 is 14.1. The highest BCUT2D eigenvalue weighted by Gasteiger charge is 2.38. The topological polar surface area (TPSA) is 151 Å². The van der Waals surface area contributed by atoms with E-state index >= 15 is 0 Å². The van der Waals surface area contributed by atoms with Gasteiger partial charge in [0.2, 0.25) is 11.8 Å². The van der Waals surface area contributed by atoms with Crippen LogP contribution in [-0.2, 0) is 20.6 Å². The third-order valence-corrected chi connectivity index (χ3v) is 6.19. The minimum Gasteiger partial charge on any atom is -0.508 e. The maximum absolute atomic E-state index is 13.1. The Kier molecular flexibility index (Phi) is 7.38. The molecule has 150 valence electrons. The second kappa shape index (κ2) is 9.32. The number of hydrogen-bond donors (Lipinski definition) is 5. The molecule has 0 aliphatic carbocycles. The fourth-order valence-corrected chi connectivity index (χ4v) is 4.58. The van der Waals surface area contributed by atoms with E-state index in [1.807, 2.05) is 6.92 Å². The second-order valence-corrected chi connectivity index (χ2v) is 8.66. The number of rotatable bonds is 8. The molecule has 27 heavy (non-hydrogen) atoms. The smallest absolute Gasteiger partial charge is 0.306 e. The van der Waals surface area contributed by atoms with Gasteiger partial charge in [-0.2, -0.15) is 0 Å². The molecule has 1 aromatic carbocycles. The Morgan fingerprint density at radius 3 is 2.70 bits per heavy atom. The van der Waals surface area contributed by atoms with Crippen molar-refractivity contribution in [3.63, 3.8) is 0 Å². The van der Waals surface area contributed by atoms with Crippen molar-refractivity contribution in [1.29, 1.82) is 0 Å². The van der Waals surface area contributed by atoms with Crippen LogP contribution in [0.4, 0.5) is 0 Å². The molecule has 0 bridgehead atoms. The Balaban J connectivity index is 2.18. The number of nitrogens with two attached hydrogens (primary N) is 2. The molecule has 1 aliphatic heterocycles. The van der Waals surface area contributed by atoms with E-state index in [0.717, 1.165) is 16.7 Å². The maximum Gasteiger partial charge on any atom is 0.306 e. The Morgan fingerprint density at radius 1 is 1.41 bits per heavy atom. The van der Waals surface area contributed by atoms with E-state index in [-0.39, 0.29) is 24.6 Å². The molecule has 0 spiro atoms. The Bertz CT molecular complexity index is 712. The lowest BCUT2D eigenvalue weighted by molar-refractivity contribution is -0.130. The van der Waals surface area contributed by atoms with E-state index in [1.165, 1.54) is 12.1 Å². The SMILES string of the molecule is CCCNC(=O)C(Cc1ccc(O)cc1)NP(N)(=O)N1CCC[C@H](N)C1=O. The van der Waals surface area contributed by atoms with Crippen molar-refractivity contribution < 1.29 is 19.3 Å². The molecule has 0 saturated carbocycles. The van der Waals surface area contributed by atoms with E-state index in [9.17, 15) is 19.3 Å². The standard InChI is InChI=1S/C17H28N5O4P/c1-2-9-20-16(24)15(11-12-5-7-13(23)8-6-12)21-27(19,26)22-10-3-4-14(18)17(22)25/h5-8,14-15,23H,2-4,9-11,18H2,1H3,(H,20,24)(H3,19,21,26)/t14-,15?,27?/m0/s1. The number of benzene rings is 1. The van der Waals surface area contributed by atoms with Crippen LogP contribution in [-0.4, -0.2) is 46.8 Å². The molecule has 2 unspecified atom stereocenters. The summed E-state index contributed by atoms with van der Waals surface area (Å²) in [6.45, 7) is 2.62. The molecular formula is C17H28N5O4P. The van der Waals surface area contributed by atoms with Crippen LogP contribution >= 0.6 is 7.59 Å². The van der Waals surface area contributed by atoms with Crippen molar-refractivity contribution in [1.82, 2.24) is 15.1 Å². The van der Waals surface area contributed by atoms with Crippen LogP contribution in [0.3, 0.4) is 0 Å². The first-order chi connectivity index (χ1) is 12.7. The Hall–Kier alpha value is -1.93. The highest BCUT2D eigenvalue weighted by atomic mass is 31.2. The van der Waals surface area contributed by atoms with Crippen LogP contribution < -0.4 is 21.6 Å². The van der Waals surface area contributed by atoms with E-state index in [1.54, 1.807) is 12.1 Å². The molecule has 7 N–H and O–H groups in total. The summed E-state index contributed by atoms with van der Waals surface area (Å²) in [6.07, 6.45) is 2.06. The summed E-state index contributed by atoms with van der Waals surface area (Å²) in [5.41, 5.74) is 12.5. The molecule has 1 saturated heterocycles. The van der Waals surface area contributed by atoms with Gasteiger partial charge in [0.25, 0.3) is 0 Å². The van der Waals surface area contributed by atoms with E-state index in [2.05, 4.69) is 10.4 Å². The van der Waals surface area contributed by atoms with E-state index in [4.69, 9.17) is 11.2 Å². The summed E-state index contributed by atoms with van der Waals surface area (Å²) >= 11 is 0. The van der Waals surface area contributed by atoms with Gasteiger partial charge in [0.05, 0.1) is 12.1 Å². The maximum atomic E-state index is 13.1. The zero-order valence-corrected chi connectivity index (χ0v) is 16.3. The molecule has 3 atom stereocenters. The van der Waals surface area contributed by atoms with Gasteiger partial charge in [0.1, 0.15) is 5.75 Å². The normalized spacial score (nSPS) is 20.8. The fourth-order valence-electron chi connectivity index (χ4n) is 2.91. The number of hydrogen-bond acceptors (Lipinski definition) is 5. The summed E-state index contributed by atoms with van der Waals surface area (Å²) in [7, 11) is -3.81. The zero-order valence-electron chi connectivity index (χ0n) is 15.4. The fraction of sp³-hybridized carbons (Fsp3) is 0.529. The van der Waals surface area contributed by atoms with Crippen LogP contribution in [0.15, 0.2) is 24.3 Å². The molecule has 1 fully saturated rings. The van der Waals surface area contributed by atoms with Crippen LogP contribution in [0.25, 0.3) is 0 Å². The minimum absolute atomic E-state index is 0.107. The number of carbonyl (C=O) groups is 2. The van der Waals surface area contributed by atoms with Crippen molar-refractivity contribution in [2.45, 2.75) is 44.7 Å². The Labute approximate surface area is 159 Å². The number of nitrogens with one attached hydrogen (secondary N) is 2. The first-order valence-electron chi connectivity index (χ1n) is 9.04. The molecule has 9 nitrogen and oxygen atoms in total. The van der Waals surface area contributed by atoms with Gasteiger partial charge in [-0.25, -0.2) is 5.09 Å². The molecule has 1 aromatic rings. The number of amides is 2. The van der Waals surface area contributed by atoms with Crippen LogP contribution in [0, 0.1) is 0 Å². The zero-order chi connectivity index (χ0) is 20.0. The average Bonchev–Trinajstić information content (AvgIpc) is 2.63. The van der Waals surface area contributed by atoms with Gasteiger partial charge in [0.15, 0.2) is 0 Å². The molecule has 10 heteroatoms. The van der Waals surface area contributed by atoms with Gasteiger partial charge in [-0.3, -0.25) is 24.3 Å². The molecule has 2 amide bonds. The van der Waals surface area contributed by atoms with E-state index in [0.29, 0.717) is 19.4 Å². The van der Waals surface area contributed by atoms with Crippen molar-refractivity contribution in [3.05, 3.63) is 29.8 Å². The van der Waals surface area contributed by atoms with Gasteiger partial charge >= 0.3 is 7.59 Å². The van der Waals surface area contributed by atoms with Gasteiger partial charge in [-0.05, 0) is 43.4 Å². The number of carbonyl (C=O) groups excluding carboxylic acids is 2. The molecule has 0 radical (unpaired) electrons. The molecule has 0 aromatic heterocycles. The van der Waals surface area contributed by atoms with E-state index < -0.39 is 25.6 Å². The lowest BCUT2D eigenvalue weighted by Crippen LogP contribution is -2.53. The highest BCUT2D eigenvalue weighted by molar-refractivity contribution is 7.57. The number of nitrogens with zero attached hydrogens (tertiary/aromatic N) is 1. The van der Waals surface area contributed by atoms with Gasteiger partial charge < -0.3 is 16.2 Å². The summed E-state index contributed by atoms with van der Waals surface area (Å²) in [6, 6.07) is 4.71. The van der Waals surface area contributed by atoms with Crippen LogP contribution in [0.2, 0.25) is 0 Å². The lowest BCUT2D eigenvalue weighted by Gasteiger charge is -2.36. The monoisotopic (exact) mass is 397 g/mol. The van der Waals surface area contributed by atoms with Crippen LogP contribution in [0.1, 0.15) is 31.7 Å². The number of piperidine rings is 1. The first kappa shape index (κ1) is 21.4. The predicted molar refractivity (Wildman–Crippen MR) is 103 cm³/mol. The average molecular weight is 397 g/mol. The number of phenols is 1. The van der Waals surface area contributed by atoms with Gasteiger partial charge in [0, 0.05) is 13.1 Å². The van der Waals surface area contributed by atoms with Gasteiger partial charge in [-0.1, -0.05) is 19.1 Å². The van der Waals surface area contributed by atoms with Crippen molar-refractivity contribution in [2.24, 2.45) is 11.2 Å². The quantitative estimate of drug-likeness (QED) is 0.399. The predicted octanol–water partition coefficient (Wildman–Crippen LogP) is 0.436. The largest absolute Gasteiger partial charge is 0.508 e. The first-order valence-corrected chi connectivity index (χ1v) is 10.8. The second-order valence-electron chi connectivity index (χ2n) is 6.68. The number of phenolic OH excluding ortho intramolecular Hbond substituents is 1. The summed E-state index contributed by atoms with van der Waals surface area (Å²) in [5.74, 6) is -0.725. The molecule has 2 rings (SSSR count).